The minimum Gasteiger partial charge on any atom is -0.463 e. The Morgan fingerprint density at radius 3 is 2.62 bits per heavy atom. The third kappa shape index (κ3) is 6.01. The summed E-state index contributed by atoms with van der Waals surface area (Å²) < 4.78 is 45.0. The van der Waals surface area contributed by atoms with Crippen LogP contribution in [-0.4, -0.2) is 38.8 Å². The smallest absolute Gasteiger partial charge is 0.417 e. The largest absolute Gasteiger partial charge is 0.463 e. The van der Waals surface area contributed by atoms with Crippen LogP contribution in [0.15, 0.2) is 47.8 Å². The van der Waals surface area contributed by atoms with E-state index in [-0.39, 0.29) is 34.1 Å². The van der Waals surface area contributed by atoms with Gasteiger partial charge in [-0.15, -0.1) is 10.2 Å². The molecule has 3 rings (SSSR count). The van der Waals surface area contributed by atoms with E-state index in [9.17, 15) is 22.8 Å². The van der Waals surface area contributed by atoms with E-state index in [4.69, 9.17) is 16.3 Å². The summed E-state index contributed by atoms with van der Waals surface area (Å²) in [5.74, 6) is -0.953. The van der Waals surface area contributed by atoms with Crippen molar-refractivity contribution in [3.05, 3.63) is 58.8 Å². The molecule has 3 aromatic rings. The molecule has 0 radical (unpaired) electrons. The molecular weight excluding hydrogens is 469 g/mol. The van der Waals surface area contributed by atoms with Crippen LogP contribution in [0, 0.1) is 0 Å². The van der Waals surface area contributed by atoms with E-state index < -0.39 is 17.7 Å². The Bertz CT molecular complexity index is 1160. The van der Waals surface area contributed by atoms with Crippen LogP contribution in [0.25, 0.3) is 11.7 Å². The first-order chi connectivity index (χ1) is 15.2. The number of halogens is 4. The Kier molecular flexibility index (Phi) is 7.41. The van der Waals surface area contributed by atoms with Crippen molar-refractivity contribution in [2.24, 2.45) is 0 Å². The molecule has 0 aliphatic carbocycles. The number of carbonyl (C=O) groups is 2. The molecule has 0 unspecified atom stereocenters. The number of nitrogens with one attached hydrogen (secondary N) is 1. The molecule has 0 bridgehead atoms. The van der Waals surface area contributed by atoms with Crippen LogP contribution in [0.3, 0.4) is 0 Å². The van der Waals surface area contributed by atoms with Crippen LogP contribution in [0.1, 0.15) is 18.1 Å². The first kappa shape index (κ1) is 23.6. The van der Waals surface area contributed by atoms with E-state index in [0.717, 1.165) is 34.0 Å². The summed E-state index contributed by atoms with van der Waals surface area (Å²) >= 11 is 6.80. The zero-order valence-electron chi connectivity index (χ0n) is 16.5. The molecule has 168 valence electrons. The van der Waals surface area contributed by atoms with Gasteiger partial charge in [-0.2, -0.15) is 13.2 Å². The summed E-state index contributed by atoms with van der Waals surface area (Å²) in [5.41, 5.74) is 0.363. The highest BCUT2D eigenvalue weighted by molar-refractivity contribution is 7.99. The number of anilines is 1. The number of hydrogen-bond acceptors (Lipinski definition) is 6. The summed E-state index contributed by atoms with van der Waals surface area (Å²) in [6, 6.07) is 7.47. The zero-order valence-corrected chi connectivity index (χ0v) is 18.1. The van der Waals surface area contributed by atoms with Crippen LogP contribution in [0.2, 0.25) is 5.02 Å². The lowest BCUT2D eigenvalue weighted by atomic mass is 10.2. The van der Waals surface area contributed by atoms with Gasteiger partial charge in [-0.05, 0) is 36.8 Å². The number of rotatable bonds is 7. The number of alkyl halides is 3. The predicted molar refractivity (Wildman–Crippen MR) is 114 cm³/mol. The molecule has 12 heteroatoms. The van der Waals surface area contributed by atoms with Crippen molar-refractivity contribution in [2.75, 3.05) is 17.7 Å². The summed E-state index contributed by atoms with van der Waals surface area (Å²) in [6.45, 7) is 2.00. The van der Waals surface area contributed by atoms with Crippen LogP contribution in [-0.2, 0) is 20.5 Å². The molecule has 0 spiro atoms. The highest BCUT2D eigenvalue weighted by atomic mass is 35.5. The van der Waals surface area contributed by atoms with Crippen molar-refractivity contribution in [3.63, 3.8) is 0 Å². The zero-order chi connectivity index (χ0) is 23.3. The number of carbonyl (C=O) groups excluding carboxylic acids is 2. The van der Waals surface area contributed by atoms with Crippen LogP contribution in [0.5, 0.6) is 0 Å². The summed E-state index contributed by atoms with van der Waals surface area (Å²) in [6.07, 6.45) is -0.869. The summed E-state index contributed by atoms with van der Waals surface area (Å²) in [5, 5.41) is 10.2. The highest BCUT2D eigenvalue weighted by Crippen LogP contribution is 2.33. The van der Waals surface area contributed by atoms with Gasteiger partial charge in [0.1, 0.15) is 0 Å². The molecule has 1 amide bonds. The van der Waals surface area contributed by atoms with Crippen molar-refractivity contribution in [3.8, 4) is 0 Å². The second kappa shape index (κ2) is 10.0. The minimum absolute atomic E-state index is 0.0639. The summed E-state index contributed by atoms with van der Waals surface area (Å²) in [7, 11) is 0. The molecule has 2 heterocycles. The first-order valence-electron chi connectivity index (χ1n) is 9.16. The quantitative estimate of drug-likeness (QED) is 0.297. The Hall–Kier alpha value is -3.05. The van der Waals surface area contributed by atoms with Crippen LogP contribution >= 0.6 is 23.4 Å². The Labute approximate surface area is 189 Å². The Morgan fingerprint density at radius 2 is 1.97 bits per heavy atom. The van der Waals surface area contributed by atoms with E-state index in [2.05, 4.69) is 15.5 Å². The number of fused-ring (bicyclic) bond motifs is 1. The number of nitrogens with zero attached hydrogens (tertiary/aromatic N) is 3. The van der Waals surface area contributed by atoms with Gasteiger partial charge in [0.25, 0.3) is 0 Å². The number of ether oxygens (including phenoxy) is 1. The number of amides is 1. The Balaban J connectivity index is 1.62. The number of esters is 1. The molecule has 1 N–H and O–H groups in total. The van der Waals surface area contributed by atoms with Gasteiger partial charge in [-0.3, -0.25) is 9.20 Å². The average molecular weight is 485 g/mol. The molecule has 0 saturated carbocycles. The SMILES string of the molecule is CCOC(=O)/C=C/c1ccc(NC(=O)CSc2nnc3c(Cl)cc(C(F)(F)F)cn23)cc1. The van der Waals surface area contributed by atoms with Gasteiger partial charge in [0.05, 0.1) is 22.9 Å². The second-order valence-electron chi connectivity index (χ2n) is 6.29. The fourth-order valence-electron chi connectivity index (χ4n) is 2.55. The molecule has 0 fully saturated rings. The maximum Gasteiger partial charge on any atom is 0.417 e. The van der Waals surface area contributed by atoms with E-state index >= 15 is 0 Å². The minimum atomic E-state index is -4.58. The molecule has 7 nitrogen and oxygen atoms in total. The monoisotopic (exact) mass is 484 g/mol. The Morgan fingerprint density at radius 1 is 1.25 bits per heavy atom. The lowest BCUT2D eigenvalue weighted by molar-refractivity contribution is -0.138. The van der Waals surface area contributed by atoms with E-state index in [0.29, 0.717) is 5.69 Å². The molecule has 0 aliphatic heterocycles. The number of thioether (sulfide) groups is 1. The van der Waals surface area contributed by atoms with E-state index in [1.807, 2.05) is 0 Å². The molecule has 2 aromatic heterocycles. The van der Waals surface area contributed by atoms with Gasteiger partial charge in [0.2, 0.25) is 5.91 Å². The summed E-state index contributed by atoms with van der Waals surface area (Å²) in [4.78, 5) is 23.6. The fourth-order valence-corrected chi connectivity index (χ4v) is 3.50. The second-order valence-corrected chi connectivity index (χ2v) is 7.64. The normalized spacial score (nSPS) is 11.8. The van der Waals surface area contributed by atoms with Gasteiger partial charge < -0.3 is 10.1 Å². The van der Waals surface area contributed by atoms with Crippen molar-refractivity contribution in [1.29, 1.82) is 0 Å². The van der Waals surface area contributed by atoms with Crippen LogP contribution < -0.4 is 5.32 Å². The standard InChI is InChI=1S/C20H16ClF3N4O3S/c1-2-31-17(30)8-5-12-3-6-14(7-4-12)25-16(29)11-32-19-27-26-18-15(21)9-13(10-28(18)19)20(22,23)24/h3-10H,2,11H2,1H3,(H,25,29)/b8-5+. The predicted octanol–water partition coefficient (Wildman–Crippen LogP) is 4.71. The lowest BCUT2D eigenvalue weighted by Crippen LogP contribution is -2.14. The molecular formula is C20H16ClF3N4O3S. The molecule has 0 aliphatic rings. The molecule has 0 atom stereocenters. The fraction of sp³-hybridized carbons (Fsp3) is 0.200. The topological polar surface area (TPSA) is 85.6 Å². The van der Waals surface area contributed by atoms with Crippen LogP contribution in [0.4, 0.5) is 18.9 Å². The molecule has 0 saturated heterocycles. The third-order valence-corrected chi connectivity index (χ3v) is 5.20. The van der Waals surface area contributed by atoms with Crippen molar-refractivity contribution in [1.82, 2.24) is 14.6 Å². The van der Waals surface area contributed by atoms with E-state index in [1.165, 1.54) is 6.08 Å². The van der Waals surface area contributed by atoms with Gasteiger partial charge in [0, 0.05) is 18.0 Å². The number of aromatic nitrogens is 3. The van der Waals surface area contributed by atoms with Crippen molar-refractivity contribution < 1.29 is 27.5 Å². The van der Waals surface area contributed by atoms with Crippen molar-refractivity contribution in [2.45, 2.75) is 18.3 Å². The van der Waals surface area contributed by atoms with Crippen molar-refractivity contribution >= 4 is 52.6 Å². The maximum absolute atomic E-state index is 13.0. The average Bonchev–Trinajstić information content (AvgIpc) is 3.15. The maximum atomic E-state index is 13.0. The number of benzene rings is 1. The highest BCUT2D eigenvalue weighted by Gasteiger charge is 2.32. The van der Waals surface area contributed by atoms with Gasteiger partial charge >= 0.3 is 12.1 Å². The first-order valence-corrected chi connectivity index (χ1v) is 10.5. The van der Waals surface area contributed by atoms with Gasteiger partial charge in [-0.25, -0.2) is 4.79 Å². The van der Waals surface area contributed by atoms with E-state index in [1.54, 1.807) is 37.3 Å². The lowest BCUT2D eigenvalue weighted by Gasteiger charge is -2.09. The molecule has 1 aromatic carbocycles. The number of pyridine rings is 1. The molecule has 32 heavy (non-hydrogen) atoms. The van der Waals surface area contributed by atoms with Gasteiger partial charge in [0.15, 0.2) is 10.8 Å². The number of hydrogen-bond donors (Lipinski definition) is 1. The van der Waals surface area contributed by atoms with Gasteiger partial charge in [-0.1, -0.05) is 35.5 Å². The third-order valence-electron chi connectivity index (χ3n) is 3.98.